The first kappa shape index (κ1) is 22.2. The number of benzene rings is 1. The first-order valence-electron chi connectivity index (χ1n) is 7.23. The molecule has 0 aliphatic carbocycles. The Balaban J connectivity index is 2.79. The number of rotatable bonds is 7. The Bertz CT molecular complexity index is 652. The van der Waals surface area contributed by atoms with Crippen LogP contribution in [0, 0.1) is 0 Å². The molecule has 0 aliphatic rings. The van der Waals surface area contributed by atoms with Gasteiger partial charge in [0.05, 0.1) is 0 Å². The monoisotopic (exact) mass is 405 g/mol. The third kappa shape index (κ3) is 6.76. The summed E-state index contributed by atoms with van der Waals surface area (Å²) in [7, 11) is -5.84. The molecule has 0 spiro atoms. The lowest BCUT2D eigenvalue weighted by Crippen LogP contribution is -2.39. The average Bonchev–Trinajstić information content (AvgIpc) is 2.44. The van der Waals surface area contributed by atoms with Gasteiger partial charge in [-0.25, -0.2) is 4.39 Å². The van der Waals surface area contributed by atoms with Gasteiger partial charge in [-0.3, -0.25) is 4.18 Å². The van der Waals surface area contributed by atoms with E-state index in [0.29, 0.717) is 0 Å². The topological polar surface area (TPSA) is 52.6 Å². The third-order valence-corrected chi connectivity index (χ3v) is 5.95. The third-order valence-electron chi connectivity index (χ3n) is 2.79. The predicted octanol–water partition coefficient (Wildman–Crippen LogP) is 3.99. The quantitative estimate of drug-likeness (QED) is 0.298. The van der Waals surface area contributed by atoms with Crippen LogP contribution >= 0.6 is 0 Å². The zero-order chi connectivity index (χ0) is 19.5. The predicted molar refractivity (Wildman–Crippen MR) is 88.2 cm³/mol. The van der Waals surface area contributed by atoms with E-state index in [1.54, 1.807) is 24.3 Å². The maximum Gasteiger partial charge on any atom is 0.523 e. The van der Waals surface area contributed by atoms with Crippen molar-refractivity contribution >= 4 is 21.3 Å². The van der Waals surface area contributed by atoms with Gasteiger partial charge in [0, 0.05) is 0 Å². The molecular formula is C15H21F4O4S2+. The van der Waals surface area contributed by atoms with Crippen LogP contribution < -0.4 is 0 Å². The molecule has 0 saturated carbocycles. The first-order valence-corrected chi connectivity index (χ1v) is 9.79. The van der Waals surface area contributed by atoms with Gasteiger partial charge < -0.3 is 0 Å². The number of hydrogen-bond donors (Lipinski definition) is 0. The minimum absolute atomic E-state index is 0.393. The Morgan fingerprint density at radius 1 is 0.960 bits per heavy atom. The van der Waals surface area contributed by atoms with E-state index < -0.39 is 50.4 Å². The molecule has 0 saturated heterocycles. The highest BCUT2D eigenvalue weighted by Crippen LogP contribution is 2.31. The van der Waals surface area contributed by atoms with Gasteiger partial charge in [0.2, 0.25) is 0 Å². The largest absolute Gasteiger partial charge is 0.523 e. The maximum atomic E-state index is 14.4. The normalized spacial score (nSPS) is 17.1. The highest BCUT2D eigenvalue weighted by atomic mass is 32.2. The summed E-state index contributed by atoms with van der Waals surface area (Å²) in [5.41, 5.74) is -8.01. The molecule has 2 atom stereocenters. The molecule has 0 aromatic heterocycles. The van der Waals surface area contributed by atoms with Gasteiger partial charge in [-0.05, 0) is 39.8 Å². The molecule has 0 heterocycles. The summed E-state index contributed by atoms with van der Waals surface area (Å²) >= 11 is -0.861. The lowest BCUT2D eigenvalue weighted by Gasteiger charge is -2.23. The van der Waals surface area contributed by atoms with Crippen molar-refractivity contribution < 1.29 is 34.3 Å². The zero-order valence-corrected chi connectivity index (χ0v) is 15.9. The van der Waals surface area contributed by atoms with Crippen LogP contribution in [0.4, 0.5) is 17.6 Å². The fourth-order valence-electron chi connectivity index (χ4n) is 1.63. The van der Waals surface area contributed by atoms with E-state index in [-0.39, 0.29) is 0 Å². The molecule has 0 aliphatic heterocycles. The second kappa shape index (κ2) is 7.81. The highest BCUT2D eigenvalue weighted by molar-refractivity contribution is 7.93. The molecule has 10 heteroatoms. The van der Waals surface area contributed by atoms with Gasteiger partial charge in [0.25, 0.3) is 0 Å². The number of halogens is 4. The van der Waals surface area contributed by atoms with Crippen LogP contribution in [-0.4, -0.2) is 37.6 Å². The number of alkyl halides is 4. The van der Waals surface area contributed by atoms with E-state index in [4.69, 9.17) is 4.18 Å². The standard InChI is InChI=1S/C15H21F4O4S2/c1-13(2,3)24(12-8-6-5-7-9-12)22-10-14(4,16)11-23-25(20,21)15(17,18)19/h5-9H,10-11H2,1-4H3/q+1. The number of hydrogen-bond acceptors (Lipinski definition) is 4. The molecule has 0 N–H and O–H groups in total. The molecule has 4 nitrogen and oxygen atoms in total. The second-order valence-corrected chi connectivity index (χ2v) is 10.6. The molecule has 0 bridgehead atoms. The average molecular weight is 405 g/mol. The molecule has 1 rings (SSSR count). The Hall–Kier alpha value is -0.840. The van der Waals surface area contributed by atoms with Crippen LogP contribution in [0.15, 0.2) is 35.2 Å². The van der Waals surface area contributed by atoms with Crippen molar-refractivity contribution in [2.24, 2.45) is 0 Å². The minimum atomic E-state index is -5.84. The maximum absolute atomic E-state index is 14.4. The van der Waals surface area contributed by atoms with E-state index in [2.05, 4.69) is 4.18 Å². The molecule has 2 unspecified atom stereocenters. The van der Waals surface area contributed by atoms with E-state index >= 15 is 0 Å². The van der Waals surface area contributed by atoms with E-state index in [0.717, 1.165) is 11.8 Å². The van der Waals surface area contributed by atoms with E-state index in [1.165, 1.54) is 0 Å². The first-order chi connectivity index (χ1) is 11.2. The Morgan fingerprint density at radius 2 is 1.48 bits per heavy atom. The summed E-state index contributed by atoms with van der Waals surface area (Å²) in [4.78, 5) is 0.801. The summed E-state index contributed by atoms with van der Waals surface area (Å²) < 4.78 is 81.8. The van der Waals surface area contributed by atoms with Crippen molar-refractivity contribution in [2.45, 2.75) is 48.5 Å². The highest BCUT2D eigenvalue weighted by Gasteiger charge is 2.49. The fourth-order valence-corrected chi connectivity index (χ4v) is 4.13. The van der Waals surface area contributed by atoms with Gasteiger partial charge >= 0.3 is 15.6 Å². The van der Waals surface area contributed by atoms with Crippen molar-refractivity contribution in [3.63, 3.8) is 0 Å². The molecule has 25 heavy (non-hydrogen) atoms. The van der Waals surface area contributed by atoms with Crippen molar-refractivity contribution in [3.8, 4) is 0 Å². The summed E-state index contributed by atoms with van der Waals surface area (Å²) in [6.07, 6.45) is 0. The van der Waals surface area contributed by atoms with Crippen LogP contribution in [0.25, 0.3) is 0 Å². The molecule has 0 amide bonds. The Labute approximate surface area is 148 Å². The van der Waals surface area contributed by atoms with E-state index in [9.17, 15) is 26.0 Å². The van der Waals surface area contributed by atoms with Crippen LogP contribution in [-0.2, 0) is 29.7 Å². The van der Waals surface area contributed by atoms with Gasteiger partial charge in [0.1, 0.15) is 13.2 Å². The Kier molecular flexibility index (Phi) is 6.94. The minimum Gasteiger partial charge on any atom is -0.260 e. The lowest BCUT2D eigenvalue weighted by atomic mass is 10.2. The van der Waals surface area contributed by atoms with Crippen LogP contribution in [0.1, 0.15) is 27.7 Å². The SMILES string of the molecule is CC(F)(CO[S+](c1ccccc1)C(C)(C)C)COS(=O)(=O)C(F)(F)F. The molecule has 1 aromatic rings. The summed E-state index contributed by atoms with van der Waals surface area (Å²) in [6.45, 7) is 4.66. The van der Waals surface area contributed by atoms with Crippen molar-refractivity contribution in [2.75, 3.05) is 13.2 Å². The van der Waals surface area contributed by atoms with Crippen molar-refractivity contribution in [3.05, 3.63) is 30.3 Å². The van der Waals surface area contributed by atoms with Gasteiger partial charge in [-0.15, -0.1) is 0 Å². The van der Waals surface area contributed by atoms with Crippen molar-refractivity contribution in [1.29, 1.82) is 0 Å². The molecule has 0 fully saturated rings. The van der Waals surface area contributed by atoms with Gasteiger partial charge in [-0.2, -0.15) is 25.8 Å². The van der Waals surface area contributed by atoms with Gasteiger partial charge in [-0.1, -0.05) is 18.2 Å². The zero-order valence-electron chi connectivity index (χ0n) is 14.3. The second-order valence-electron chi connectivity index (χ2n) is 6.53. The summed E-state index contributed by atoms with van der Waals surface area (Å²) in [5, 5.41) is 0. The van der Waals surface area contributed by atoms with Crippen molar-refractivity contribution in [1.82, 2.24) is 0 Å². The molecule has 144 valence electrons. The molecule has 0 radical (unpaired) electrons. The summed E-state index contributed by atoms with van der Waals surface area (Å²) in [6, 6.07) is 8.99. The van der Waals surface area contributed by atoms with E-state index in [1.807, 2.05) is 26.8 Å². The lowest BCUT2D eigenvalue weighted by molar-refractivity contribution is -0.0582. The molecule has 1 aromatic carbocycles. The fraction of sp³-hybridized carbons (Fsp3) is 0.600. The van der Waals surface area contributed by atoms with Gasteiger partial charge in [0.15, 0.2) is 26.5 Å². The smallest absolute Gasteiger partial charge is 0.260 e. The molecular weight excluding hydrogens is 384 g/mol. The summed E-state index contributed by atoms with van der Waals surface area (Å²) in [5.74, 6) is 0. The Morgan fingerprint density at radius 3 is 1.92 bits per heavy atom. The van der Waals surface area contributed by atoms with Crippen LogP contribution in [0.5, 0.6) is 0 Å². The van der Waals surface area contributed by atoms with Crippen LogP contribution in [0.3, 0.4) is 0 Å². The van der Waals surface area contributed by atoms with Crippen LogP contribution in [0.2, 0.25) is 0 Å².